The largest absolute Gasteiger partial charge is 0.496 e. The summed E-state index contributed by atoms with van der Waals surface area (Å²) in [6.07, 6.45) is 1.62. The van der Waals surface area contributed by atoms with E-state index >= 15 is 0 Å². The Kier molecular flexibility index (Phi) is 2.99. The number of benzene rings is 2. The molecule has 0 saturated carbocycles. The van der Waals surface area contributed by atoms with Crippen LogP contribution in [0.25, 0.3) is 21.7 Å². The molecule has 0 aliphatic carbocycles. The van der Waals surface area contributed by atoms with Gasteiger partial charge in [0, 0.05) is 22.4 Å². The topological polar surface area (TPSA) is 48.4 Å². The van der Waals surface area contributed by atoms with Crippen LogP contribution in [-0.4, -0.2) is 25.2 Å². The number of hydrogen-bond donors (Lipinski definition) is 0. The van der Waals surface area contributed by atoms with Crippen molar-refractivity contribution in [3.8, 4) is 5.75 Å². The number of carbonyl (C=O) groups is 1. The van der Waals surface area contributed by atoms with Gasteiger partial charge in [0.15, 0.2) is 0 Å². The van der Waals surface area contributed by atoms with Crippen LogP contribution >= 0.6 is 0 Å². The summed E-state index contributed by atoms with van der Waals surface area (Å²) in [6.45, 7) is 0. The van der Waals surface area contributed by atoms with Crippen molar-refractivity contribution in [2.75, 3.05) is 14.2 Å². The summed E-state index contributed by atoms with van der Waals surface area (Å²) in [4.78, 5) is 16.3. The van der Waals surface area contributed by atoms with Crippen LogP contribution in [0, 0.1) is 0 Å². The number of pyridine rings is 1. The summed E-state index contributed by atoms with van der Waals surface area (Å²) in [5, 5.41) is 2.65. The molecule has 0 aliphatic rings. The van der Waals surface area contributed by atoms with Gasteiger partial charge in [-0.3, -0.25) is 4.98 Å². The third-order valence-electron chi connectivity index (χ3n) is 3.34. The van der Waals surface area contributed by atoms with Crippen LogP contribution in [-0.2, 0) is 4.74 Å². The highest BCUT2D eigenvalue weighted by Gasteiger charge is 2.15. The van der Waals surface area contributed by atoms with Crippen molar-refractivity contribution < 1.29 is 14.3 Å². The Morgan fingerprint density at radius 1 is 1.05 bits per heavy atom. The van der Waals surface area contributed by atoms with Crippen molar-refractivity contribution in [3.63, 3.8) is 0 Å². The highest BCUT2D eigenvalue weighted by molar-refractivity contribution is 6.14. The smallest absolute Gasteiger partial charge is 0.338 e. The highest BCUT2D eigenvalue weighted by atomic mass is 16.5. The number of fused-ring (bicyclic) bond motifs is 3. The maximum Gasteiger partial charge on any atom is 0.338 e. The maximum absolute atomic E-state index is 11.9. The minimum atomic E-state index is -0.380. The molecule has 0 amide bonds. The van der Waals surface area contributed by atoms with Crippen LogP contribution in [0.5, 0.6) is 5.75 Å². The van der Waals surface area contributed by atoms with Gasteiger partial charge in [0.2, 0.25) is 0 Å². The molecule has 100 valence electrons. The highest BCUT2D eigenvalue weighted by Crippen LogP contribution is 2.33. The fraction of sp³-hybridized carbons (Fsp3) is 0.125. The first kappa shape index (κ1) is 12.4. The Bertz CT molecular complexity index is 811. The second-order valence-electron chi connectivity index (χ2n) is 4.37. The first-order valence-corrected chi connectivity index (χ1v) is 6.19. The molecule has 2 aromatic carbocycles. The van der Waals surface area contributed by atoms with E-state index in [1.54, 1.807) is 19.4 Å². The van der Waals surface area contributed by atoms with Gasteiger partial charge in [-0.25, -0.2) is 4.79 Å². The van der Waals surface area contributed by atoms with E-state index in [4.69, 9.17) is 9.47 Å². The van der Waals surface area contributed by atoms with Gasteiger partial charge >= 0.3 is 5.97 Å². The molecule has 1 heterocycles. The zero-order valence-electron chi connectivity index (χ0n) is 11.2. The molecule has 0 unspecified atom stereocenters. The van der Waals surface area contributed by atoms with Crippen molar-refractivity contribution in [1.82, 2.24) is 4.98 Å². The van der Waals surface area contributed by atoms with Crippen molar-refractivity contribution in [1.29, 1.82) is 0 Å². The minimum absolute atomic E-state index is 0.380. The van der Waals surface area contributed by atoms with Crippen LogP contribution < -0.4 is 4.74 Å². The van der Waals surface area contributed by atoms with Gasteiger partial charge in [-0.05, 0) is 12.1 Å². The summed E-state index contributed by atoms with van der Waals surface area (Å²) < 4.78 is 10.2. The van der Waals surface area contributed by atoms with Gasteiger partial charge < -0.3 is 9.47 Å². The van der Waals surface area contributed by atoms with E-state index in [0.717, 1.165) is 21.7 Å². The monoisotopic (exact) mass is 267 g/mol. The predicted octanol–water partition coefficient (Wildman–Crippen LogP) is 3.18. The summed E-state index contributed by atoms with van der Waals surface area (Å²) in [5.41, 5.74) is 1.26. The van der Waals surface area contributed by atoms with Crippen molar-refractivity contribution in [3.05, 3.63) is 48.2 Å². The average molecular weight is 267 g/mol. The molecule has 0 atom stereocenters. The summed E-state index contributed by atoms with van der Waals surface area (Å²) in [6, 6.07) is 11.3. The van der Waals surface area contributed by atoms with Gasteiger partial charge in [-0.1, -0.05) is 24.3 Å². The molecule has 0 N–H and O–H groups in total. The normalized spacial score (nSPS) is 10.7. The van der Waals surface area contributed by atoms with Gasteiger partial charge in [-0.2, -0.15) is 0 Å². The standard InChI is InChI=1S/C16H13NO3/c1-19-14-9-13-12(16(18)20-2)7-8-17-15(13)11-6-4-3-5-10(11)14/h3-9H,1-2H3. The zero-order chi connectivity index (χ0) is 14.1. The first-order valence-electron chi connectivity index (χ1n) is 6.19. The lowest BCUT2D eigenvalue weighted by atomic mass is 10.0. The molecule has 0 fully saturated rings. The molecule has 4 nitrogen and oxygen atoms in total. The molecule has 0 bridgehead atoms. The van der Waals surface area contributed by atoms with Crippen LogP contribution in [0.2, 0.25) is 0 Å². The molecular weight excluding hydrogens is 254 g/mol. The van der Waals surface area contributed by atoms with Gasteiger partial charge in [0.1, 0.15) is 5.75 Å². The Morgan fingerprint density at radius 3 is 2.50 bits per heavy atom. The number of esters is 1. The number of ether oxygens (including phenoxy) is 2. The second kappa shape index (κ2) is 4.81. The molecule has 0 radical (unpaired) electrons. The van der Waals surface area contributed by atoms with E-state index in [0.29, 0.717) is 11.3 Å². The van der Waals surface area contributed by atoms with Gasteiger partial charge in [-0.15, -0.1) is 0 Å². The molecule has 0 saturated heterocycles. The predicted molar refractivity (Wildman–Crippen MR) is 77.1 cm³/mol. The van der Waals surface area contributed by atoms with Crippen molar-refractivity contribution >= 4 is 27.6 Å². The second-order valence-corrected chi connectivity index (χ2v) is 4.37. The van der Waals surface area contributed by atoms with Crippen LogP contribution in [0.1, 0.15) is 10.4 Å². The van der Waals surface area contributed by atoms with E-state index in [-0.39, 0.29) is 5.97 Å². The minimum Gasteiger partial charge on any atom is -0.496 e. The number of nitrogens with zero attached hydrogens (tertiary/aromatic N) is 1. The van der Waals surface area contributed by atoms with Crippen molar-refractivity contribution in [2.45, 2.75) is 0 Å². The summed E-state index contributed by atoms with van der Waals surface area (Å²) in [5.74, 6) is 0.334. The van der Waals surface area contributed by atoms with Gasteiger partial charge in [0.05, 0.1) is 25.3 Å². The number of aromatic nitrogens is 1. The maximum atomic E-state index is 11.9. The van der Waals surface area contributed by atoms with E-state index in [1.165, 1.54) is 7.11 Å². The lowest BCUT2D eigenvalue weighted by Crippen LogP contribution is -2.03. The molecule has 0 spiro atoms. The Labute approximate surface area is 115 Å². The molecule has 4 heteroatoms. The van der Waals surface area contributed by atoms with Gasteiger partial charge in [0.25, 0.3) is 0 Å². The van der Waals surface area contributed by atoms with Crippen LogP contribution in [0.15, 0.2) is 42.6 Å². The molecule has 3 aromatic rings. The summed E-state index contributed by atoms with van der Waals surface area (Å²) >= 11 is 0. The van der Waals surface area contributed by atoms with E-state index in [9.17, 15) is 4.79 Å². The lowest BCUT2D eigenvalue weighted by molar-refractivity contribution is 0.0603. The number of hydrogen-bond acceptors (Lipinski definition) is 4. The van der Waals surface area contributed by atoms with E-state index < -0.39 is 0 Å². The fourth-order valence-corrected chi connectivity index (χ4v) is 2.40. The molecule has 3 rings (SSSR count). The Balaban J connectivity index is 2.48. The summed E-state index contributed by atoms with van der Waals surface area (Å²) in [7, 11) is 2.98. The molecule has 20 heavy (non-hydrogen) atoms. The Hall–Kier alpha value is -2.62. The van der Waals surface area contributed by atoms with Crippen molar-refractivity contribution in [2.24, 2.45) is 0 Å². The SMILES string of the molecule is COC(=O)c1ccnc2c1cc(OC)c1ccccc12. The number of rotatable bonds is 2. The van der Waals surface area contributed by atoms with E-state index in [1.807, 2.05) is 30.3 Å². The molecular formula is C16H13NO3. The first-order chi connectivity index (χ1) is 9.76. The van der Waals surface area contributed by atoms with E-state index in [2.05, 4.69) is 4.98 Å². The third-order valence-corrected chi connectivity index (χ3v) is 3.34. The van der Waals surface area contributed by atoms with Crippen LogP contribution in [0.4, 0.5) is 0 Å². The van der Waals surface area contributed by atoms with Crippen LogP contribution in [0.3, 0.4) is 0 Å². The Morgan fingerprint density at radius 2 is 1.80 bits per heavy atom. The average Bonchev–Trinajstić information content (AvgIpc) is 2.52. The number of methoxy groups -OCH3 is 2. The number of carbonyl (C=O) groups excluding carboxylic acids is 1. The molecule has 0 aliphatic heterocycles. The zero-order valence-corrected chi connectivity index (χ0v) is 11.2. The third kappa shape index (κ3) is 1.77. The molecule has 1 aromatic heterocycles. The fourth-order valence-electron chi connectivity index (χ4n) is 2.40. The lowest BCUT2D eigenvalue weighted by Gasteiger charge is -2.10. The quantitative estimate of drug-likeness (QED) is 0.528.